The van der Waals surface area contributed by atoms with Crippen molar-refractivity contribution in [2.75, 3.05) is 6.54 Å². The Balaban J connectivity index is 2.23. The summed E-state index contributed by atoms with van der Waals surface area (Å²) in [5.74, 6) is -1.34. The van der Waals surface area contributed by atoms with Gasteiger partial charge in [-0.2, -0.15) is 0 Å². The SMILES string of the molecule is CCC(CNC(=O)c1ocnc1C)(C(=O)O)c1ccccc1. The van der Waals surface area contributed by atoms with E-state index >= 15 is 0 Å². The predicted molar refractivity (Wildman–Crippen MR) is 79.6 cm³/mol. The molecule has 0 aliphatic heterocycles. The molecule has 0 aliphatic carbocycles. The van der Waals surface area contributed by atoms with Gasteiger partial charge in [-0.05, 0) is 18.9 Å². The van der Waals surface area contributed by atoms with Crippen LogP contribution in [0, 0.1) is 6.92 Å². The van der Waals surface area contributed by atoms with E-state index < -0.39 is 17.3 Å². The fraction of sp³-hybridized carbons (Fsp3) is 0.312. The van der Waals surface area contributed by atoms with Gasteiger partial charge in [0.15, 0.2) is 6.39 Å². The third-order valence-corrected chi connectivity index (χ3v) is 3.84. The van der Waals surface area contributed by atoms with E-state index in [4.69, 9.17) is 4.42 Å². The largest absolute Gasteiger partial charge is 0.481 e. The smallest absolute Gasteiger partial charge is 0.315 e. The summed E-state index contributed by atoms with van der Waals surface area (Å²) in [5.41, 5.74) is -0.0561. The molecule has 1 unspecified atom stereocenters. The van der Waals surface area contributed by atoms with Gasteiger partial charge >= 0.3 is 5.97 Å². The maximum atomic E-state index is 12.1. The van der Waals surface area contributed by atoms with Gasteiger partial charge in [-0.1, -0.05) is 37.3 Å². The van der Waals surface area contributed by atoms with Crippen molar-refractivity contribution >= 4 is 11.9 Å². The number of carboxylic acid groups (broad SMARTS) is 1. The summed E-state index contributed by atoms with van der Waals surface area (Å²) in [6.07, 6.45) is 1.54. The van der Waals surface area contributed by atoms with E-state index in [-0.39, 0.29) is 12.3 Å². The number of rotatable bonds is 6. The predicted octanol–water partition coefficient (Wildman–Crippen LogP) is 2.15. The summed E-state index contributed by atoms with van der Waals surface area (Å²) >= 11 is 0. The van der Waals surface area contributed by atoms with E-state index in [1.54, 1.807) is 38.1 Å². The van der Waals surface area contributed by atoms with Crippen molar-refractivity contribution in [2.45, 2.75) is 25.7 Å². The van der Waals surface area contributed by atoms with Gasteiger partial charge < -0.3 is 14.8 Å². The maximum absolute atomic E-state index is 12.1. The number of hydrogen-bond acceptors (Lipinski definition) is 4. The zero-order chi connectivity index (χ0) is 16.2. The molecule has 22 heavy (non-hydrogen) atoms. The first-order chi connectivity index (χ1) is 10.5. The second-order valence-corrected chi connectivity index (χ2v) is 5.06. The lowest BCUT2D eigenvalue weighted by molar-refractivity contribution is -0.143. The van der Waals surface area contributed by atoms with Crippen LogP contribution in [0.15, 0.2) is 41.1 Å². The molecule has 0 fully saturated rings. The van der Waals surface area contributed by atoms with Gasteiger partial charge in [0, 0.05) is 6.54 Å². The summed E-state index contributed by atoms with van der Waals surface area (Å²) < 4.78 is 5.02. The highest BCUT2D eigenvalue weighted by Gasteiger charge is 2.39. The second kappa shape index (κ2) is 6.43. The zero-order valence-electron chi connectivity index (χ0n) is 12.5. The summed E-state index contributed by atoms with van der Waals surface area (Å²) in [6, 6.07) is 8.89. The minimum Gasteiger partial charge on any atom is -0.481 e. The molecular weight excluding hydrogens is 284 g/mol. The number of aromatic nitrogens is 1. The van der Waals surface area contributed by atoms with Gasteiger partial charge in [-0.25, -0.2) is 4.98 Å². The molecule has 0 aliphatic rings. The minimum absolute atomic E-state index is 0.0260. The fourth-order valence-corrected chi connectivity index (χ4v) is 2.37. The second-order valence-electron chi connectivity index (χ2n) is 5.06. The first kappa shape index (κ1) is 15.8. The molecule has 1 aromatic carbocycles. The fourth-order valence-electron chi connectivity index (χ4n) is 2.37. The summed E-state index contributed by atoms with van der Waals surface area (Å²) in [5, 5.41) is 12.3. The van der Waals surface area contributed by atoms with E-state index in [0.29, 0.717) is 17.7 Å². The van der Waals surface area contributed by atoms with E-state index in [0.717, 1.165) is 0 Å². The third-order valence-electron chi connectivity index (χ3n) is 3.84. The van der Waals surface area contributed by atoms with Gasteiger partial charge in [0.2, 0.25) is 5.76 Å². The van der Waals surface area contributed by atoms with Crippen LogP contribution in [-0.2, 0) is 10.2 Å². The molecule has 0 saturated heterocycles. The molecular formula is C16H18N2O4. The van der Waals surface area contributed by atoms with Gasteiger partial charge in [0.1, 0.15) is 5.41 Å². The Bertz CT molecular complexity index is 666. The molecule has 1 atom stereocenters. The number of benzene rings is 1. The van der Waals surface area contributed by atoms with Crippen molar-refractivity contribution in [3.05, 3.63) is 53.7 Å². The van der Waals surface area contributed by atoms with Crippen molar-refractivity contribution in [2.24, 2.45) is 0 Å². The highest BCUT2D eigenvalue weighted by molar-refractivity contribution is 5.93. The number of carboxylic acids is 1. The topological polar surface area (TPSA) is 92.4 Å². The highest BCUT2D eigenvalue weighted by Crippen LogP contribution is 2.28. The average Bonchev–Trinajstić information content (AvgIpc) is 2.95. The van der Waals surface area contributed by atoms with Gasteiger partial charge in [0.25, 0.3) is 5.91 Å². The quantitative estimate of drug-likeness (QED) is 0.853. The molecule has 2 rings (SSSR count). The Morgan fingerprint density at radius 3 is 2.50 bits per heavy atom. The van der Waals surface area contributed by atoms with Gasteiger partial charge in [-0.3, -0.25) is 9.59 Å². The molecule has 116 valence electrons. The van der Waals surface area contributed by atoms with Crippen molar-refractivity contribution in [1.29, 1.82) is 0 Å². The van der Waals surface area contributed by atoms with Crippen LogP contribution < -0.4 is 5.32 Å². The molecule has 2 N–H and O–H groups in total. The van der Waals surface area contributed by atoms with E-state index in [2.05, 4.69) is 10.3 Å². The molecule has 6 heteroatoms. The monoisotopic (exact) mass is 302 g/mol. The average molecular weight is 302 g/mol. The van der Waals surface area contributed by atoms with E-state index in [1.807, 2.05) is 6.07 Å². The molecule has 0 saturated carbocycles. The molecule has 0 bridgehead atoms. The minimum atomic E-state index is -1.18. The lowest BCUT2D eigenvalue weighted by Crippen LogP contribution is -2.46. The zero-order valence-corrected chi connectivity index (χ0v) is 12.5. The van der Waals surface area contributed by atoms with Crippen LogP contribution in [0.1, 0.15) is 35.2 Å². The molecule has 2 aromatic rings. The van der Waals surface area contributed by atoms with Crippen LogP contribution in [0.25, 0.3) is 0 Å². The number of aryl methyl sites for hydroxylation is 1. The van der Waals surface area contributed by atoms with Crippen LogP contribution in [0.2, 0.25) is 0 Å². The number of aliphatic carboxylic acids is 1. The van der Waals surface area contributed by atoms with Crippen molar-refractivity contribution in [3.8, 4) is 0 Å². The number of carbonyl (C=O) groups is 2. The van der Waals surface area contributed by atoms with Gasteiger partial charge in [0.05, 0.1) is 5.69 Å². The Morgan fingerprint density at radius 1 is 1.32 bits per heavy atom. The Hall–Kier alpha value is -2.63. The Labute approximate surface area is 128 Å². The highest BCUT2D eigenvalue weighted by atomic mass is 16.4. The Kier molecular flexibility index (Phi) is 4.60. The summed E-state index contributed by atoms with van der Waals surface area (Å²) in [7, 11) is 0. The number of nitrogens with one attached hydrogen (secondary N) is 1. The molecule has 1 heterocycles. The molecule has 1 aromatic heterocycles. The third kappa shape index (κ3) is 2.86. The number of amides is 1. The first-order valence-electron chi connectivity index (χ1n) is 6.98. The maximum Gasteiger partial charge on any atom is 0.315 e. The lowest BCUT2D eigenvalue weighted by atomic mass is 9.78. The summed E-state index contributed by atoms with van der Waals surface area (Å²) in [4.78, 5) is 27.8. The number of hydrogen-bond donors (Lipinski definition) is 2. The van der Waals surface area contributed by atoms with Crippen molar-refractivity contribution < 1.29 is 19.1 Å². The molecule has 0 radical (unpaired) electrons. The summed E-state index contributed by atoms with van der Waals surface area (Å²) in [6.45, 7) is 3.41. The van der Waals surface area contributed by atoms with Crippen molar-refractivity contribution in [3.63, 3.8) is 0 Å². The van der Waals surface area contributed by atoms with Crippen LogP contribution in [-0.4, -0.2) is 28.5 Å². The number of carbonyl (C=O) groups excluding carboxylic acids is 1. The first-order valence-corrected chi connectivity index (χ1v) is 6.98. The van der Waals surface area contributed by atoms with Crippen LogP contribution in [0.3, 0.4) is 0 Å². The van der Waals surface area contributed by atoms with Crippen LogP contribution in [0.5, 0.6) is 0 Å². The van der Waals surface area contributed by atoms with E-state index in [1.165, 1.54) is 6.39 Å². The Morgan fingerprint density at radius 2 is 2.00 bits per heavy atom. The van der Waals surface area contributed by atoms with Crippen LogP contribution in [0.4, 0.5) is 0 Å². The number of nitrogens with zero attached hydrogens (tertiary/aromatic N) is 1. The van der Waals surface area contributed by atoms with Gasteiger partial charge in [-0.15, -0.1) is 0 Å². The molecule has 0 spiro atoms. The van der Waals surface area contributed by atoms with Crippen LogP contribution >= 0.6 is 0 Å². The lowest BCUT2D eigenvalue weighted by Gasteiger charge is -2.28. The molecule has 1 amide bonds. The molecule has 6 nitrogen and oxygen atoms in total. The van der Waals surface area contributed by atoms with E-state index in [9.17, 15) is 14.7 Å². The van der Waals surface area contributed by atoms with Crippen molar-refractivity contribution in [1.82, 2.24) is 10.3 Å². The number of oxazole rings is 1. The standard InChI is InChI=1S/C16H18N2O4/c1-3-16(15(20)21,12-7-5-4-6-8-12)9-17-14(19)13-11(2)18-10-22-13/h4-8,10H,3,9H2,1-2H3,(H,17,19)(H,20,21). The normalized spacial score (nSPS) is 13.4.